The Kier molecular flexibility index (Phi) is 4.30. The zero-order valence-corrected chi connectivity index (χ0v) is 12.6. The molecule has 0 aliphatic carbocycles. The number of amides is 1. The highest BCUT2D eigenvalue weighted by Gasteiger charge is 2.28. The Morgan fingerprint density at radius 2 is 2.22 bits per heavy atom. The van der Waals surface area contributed by atoms with Crippen LogP contribution in [0.25, 0.3) is 0 Å². The molecule has 18 heavy (non-hydrogen) atoms. The molecule has 1 aliphatic heterocycles. The second-order valence-electron chi connectivity index (χ2n) is 4.58. The van der Waals surface area contributed by atoms with Crippen LogP contribution in [0.3, 0.4) is 0 Å². The van der Waals surface area contributed by atoms with Gasteiger partial charge in [-0.3, -0.25) is 4.79 Å². The van der Waals surface area contributed by atoms with Crippen molar-refractivity contribution < 1.29 is 9.53 Å². The number of carbonyl (C=O) groups excluding carboxylic acids is 1. The average Bonchev–Trinajstić information content (AvgIpc) is 2.73. The molecular formula is C13H15BrClNO2. The summed E-state index contributed by atoms with van der Waals surface area (Å²) in [5.74, 6) is -0.111. The van der Waals surface area contributed by atoms with Crippen molar-refractivity contribution in [2.75, 3.05) is 5.32 Å². The number of ether oxygens (including phenoxy) is 1. The molecule has 1 aliphatic rings. The van der Waals surface area contributed by atoms with Crippen LogP contribution in [0.15, 0.2) is 16.6 Å². The van der Waals surface area contributed by atoms with Crippen molar-refractivity contribution >= 4 is 39.1 Å². The number of halogens is 2. The minimum absolute atomic E-state index is 0.111. The lowest BCUT2D eigenvalue weighted by Crippen LogP contribution is -2.27. The van der Waals surface area contributed by atoms with Gasteiger partial charge in [0.2, 0.25) is 0 Å². The van der Waals surface area contributed by atoms with Gasteiger partial charge >= 0.3 is 0 Å². The van der Waals surface area contributed by atoms with E-state index in [1.54, 1.807) is 6.07 Å². The summed E-state index contributed by atoms with van der Waals surface area (Å²) in [4.78, 5) is 12.0. The van der Waals surface area contributed by atoms with Gasteiger partial charge in [-0.05, 0) is 60.3 Å². The van der Waals surface area contributed by atoms with Gasteiger partial charge in [0, 0.05) is 9.50 Å². The van der Waals surface area contributed by atoms with Crippen molar-refractivity contribution in [1.82, 2.24) is 0 Å². The van der Waals surface area contributed by atoms with Crippen LogP contribution < -0.4 is 5.32 Å². The fraction of sp³-hybridized carbons (Fsp3) is 0.462. The van der Waals surface area contributed by atoms with Crippen molar-refractivity contribution in [3.8, 4) is 0 Å². The molecule has 1 amide bonds. The average molecular weight is 333 g/mol. The molecule has 2 unspecified atom stereocenters. The Balaban J connectivity index is 2.09. The SMILES string of the molecule is Cc1cc(Br)c(NC(=O)C2CCC(C)O2)cc1Cl. The third kappa shape index (κ3) is 3.05. The van der Waals surface area contributed by atoms with Gasteiger partial charge < -0.3 is 10.1 Å². The fourth-order valence-corrected chi connectivity index (χ4v) is 2.67. The summed E-state index contributed by atoms with van der Waals surface area (Å²) in [6.45, 7) is 3.90. The number of nitrogens with one attached hydrogen (secondary N) is 1. The van der Waals surface area contributed by atoms with Crippen molar-refractivity contribution in [3.05, 3.63) is 27.2 Å². The molecule has 1 heterocycles. The Morgan fingerprint density at radius 1 is 1.50 bits per heavy atom. The van der Waals surface area contributed by atoms with E-state index in [2.05, 4.69) is 21.2 Å². The highest BCUT2D eigenvalue weighted by atomic mass is 79.9. The number of hydrogen-bond donors (Lipinski definition) is 1. The number of aryl methyl sites for hydroxylation is 1. The molecule has 2 atom stereocenters. The normalized spacial score (nSPS) is 23.1. The molecule has 0 aromatic heterocycles. The van der Waals surface area contributed by atoms with Crippen molar-refractivity contribution in [1.29, 1.82) is 0 Å². The lowest BCUT2D eigenvalue weighted by atomic mass is 10.2. The van der Waals surface area contributed by atoms with Crippen LogP contribution in [0.4, 0.5) is 5.69 Å². The van der Waals surface area contributed by atoms with Crippen molar-refractivity contribution in [3.63, 3.8) is 0 Å². The Hall–Kier alpha value is -0.580. The third-order valence-electron chi connectivity index (χ3n) is 3.03. The van der Waals surface area contributed by atoms with E-state index < -0.39 is 0 Å². The predicted octanol–water partition coefficient (Wildman–Crippen LogP) is 3.92. The second-order valence-corrected chi connectivity index (χ2v) is 5.84. The molecule has 0 saturated carbocycles. The van der Waals surface area contributed by atoms with E-state index in [1.165, 1.54) is 0 Å². The van der Waals surface area contributed by atoms with Crippen LogP contribution in [0.2, 0.25) is 5.02 Å². The van der Waals surface area contributed by atoms with Gasteiger partial charge in [0.05, 0.1) is 11.8 Å². The largest absolute Gasteiger partial charge is 0.365 e. The van der Waals surface area contributed by atoms with Crippen LogP contribution >= 0.6 is 27.5 Å². The van der Waals surface area contributed by atoms with Gasteiger partial charge in [-0.1, -0.05) is 11.6 Å². The molecule has 1 fully saturated rings. The van der Waals surface area contributed by atoms with Crippen molar-refractivity contribution in [2.24, 2.45) is 0 Å². The predicted molar refractivity (Wildman–Crippen MR) is 76.1 cm³/mol. The molecule has 1 aromatic carbocycles. The van der Waals surface area contributed by atoms with Crippen LogP contribution in [0, 0.1) is 6.92 Å². The summed E-state index contributed by atoms with van der Waals surface area (Å²) >= 11 is 9.46. The molecule has 1 aromatic rings. The summed E-state index contributed by atoms with van der Waals surface area (Å²) in [7, 11) is 0. The van der Waals surface area contributed by atoms with Gasteiger partial charge in [0.15, 0.2) is 0 Å². The number of rotatable bonds is 2. The van der Waals surface area contributed by atoms with E-state index in [1.807, 2.05) is 19.9 Å². The quantitative estimate of drug-likeness (QED) is 0.891. The Morgan fingerprint density at radius 3 is 2.83 bits per heavy atom. The summed E-state index contributed by atoms with van der Waals surface area (Å²) in [6, 6.07) is 3.63. The zero-order valence-electron chi connectivity index (χ0n) is 10.3. The Bertz CT molecular complexity index is 478. The molecule has 98 valence electrons. The highest BCUT2D eigenvalue weighted by molar-refractivity contribution is 9.10. The molecule has 0 spiro atoms. The van der Waals surface area contributed by atoms with Gasteiger partial charge in [0.1, 0.15) is 6.10 Å². The minimum atomic E-state index is -0.355. The number of anilines is 1. The van der Waals surface area contributed by atoms with Gasteiger partial charge in [-0.15, -0.1) is 0 Å². The molecular weight excluding hydrogens is 318 g/mol. The van der Waals surface area contributed by atoms with E-state index in [0.29, 0.717) is 10.7 Å². The smallest absolute Gasteiger partial charge is 0.253 e. The second kappa shape index (κ2) is 5.59. The zero-order chi connectivity index (χ0) is 13.3. The monoisotopic (exact) mass is 331 g/mol. The standard InChI is InChI=1S/C13H15BrClNO2/c1-7-5-9(14)11(6-10(7)15)16-13(17)12-4-3-8(2)18-12/h5-6,8,12H,3-4H2,1-2H3,(H,16,17). The maximum atomic E-state index is 12.0. The summed E-state index contributed by atoms with van der Waals surface area (Å²) in [5.41, 5.74) is 1.64. The van der Waals surface area contributed by atoms with E-state index in [9.17, 15) is 4.79 Å². The number of benzene rings is 1. The van der Waals surface area contributed by atoms with Crippen LogP contribution in [0.1, 0.15) is 25.3 Å². The van der Waals surface area contributed by atoms with Crippen LogP contribution in [0.5, 0.6) is 0 Å². The molecule has 5 heteroatoms. The molecule has 1 N–H and O–H groups in total. The first kappa shape index (κ1) is 13.8. The van der Waals surface area contributed by atoms with E-state index >= 15 is 0 Å². The summed E-state index contributed by atoms with van der Waals surface area (Å²) < 4.78 is 6.35. The molecule has 3 nitrogen and oxygen atoms in total. The molecule has 2 rings (SSSR count). The van der Waals surface area contributed by atoms with Gasteiger partial charge in [0.25, 0.3) is 5.91 Å². The lowest BCUT2D eigenvalue weighted by Gasteiger charge is -2.13. The van der Waals surface area contributed by atoms with Crippen molar-refractivity contribution in [2.45, 2.75) is 38.9 Å². The van der Waals surface area contributed by atoms with Gasteiger partial charge in [-0.2, -0.15) is 0 Å². The molecule has 0 radical (unpaired) electrons. The van der Waals surface area contributed by atoms with Crippen LogP contribution in [-0.4, -0.2) is 18.1 Å². The molecule has 0 bridgehead atoms. The van der Waals surface area contributed by atoms with E-state index in [-0.39, 0.29) is 18.1 Å². The summed E-state index contributed by atoms with van der Waals surface area (Å²) in [5, 5.41) is 3.48. The maximum absolute atomic E-state index is 12.0. The maximum Gasteiger partial charge on any atom is 0.253 e. The summed E-state index contributed by atoms with van der Waals surface area (Å²) in [6.07, 6.45) is 1.50. The number of carbonyl (C=O) groups is 1. The first-order chi connectivity index (χ1) is 8.47. The Labute approximate surface area is 120 Å². The highest BCUT2D eigenvalue weighted by Crippen LogP contribution is 2.30. The third-order valence-corrected chi connectivity index (χ3v) is 4.09. The van der Waals surface area contributed by atoms with Crippen LogP contribution in [-0.2, 0) is 9.53 Å². The first-order valence-corrected chi connectivity index (χ1v) is 7.06. The fourth-order valence-electron chi connectivity index (χ4n) is 1.95. The number of hydrogen-bond acceptors (Lipinski definition) is 2. The van der Waals surface area contributed by atoms with E-state index in [0.717, 1.165) is 22.9 Å². The topological polar surface area (TPSA) is 38.3 Å². The minimum Gasteiger partial charge on any atom is -0.365 e. The van der Waals surface area contributed by atoms with E-state index in [4.69, 9.17) is 16.3 Å². The first-order valence-electron chi connectivity index (χ1n) is 5.89. The van der Waals surface area contributed by atoms with Gasteiger partial charge in [-0.25, -0.2) is 0 Å². The lowest BCUT2D eigenvalue weighted by molar-refractivity contribution is -0.126. The molecule has 1 saturated heterocycles.